The molecule has 0 atom stereocenters. The Kier molecular flexibility index (Phi) is 4.81. The topological polar surface area (TPSA) is 43.8 Å². The molecule has 76 valence electrons. The molecule has 0 saturated carbocycles. The van der Waals surface area contributed by atoms with Crippen molar-refractivity contribution >= 4 is 0 Å². The SMILES string of the molecule is CCn1ccnc1CC#CCCCN. The van der Waals surface area contributed by atoms with E-state index in [4.69, 9.17) is 5.73 Å². The molecule has 14 heavy (non-hydrogen) atoms. The average molecular weight is 191 g/mol. The summed E-state index contributed by atoms with van der Waals surface area (Å²) in [6.07, 6.45) is 6.42. The van der Waals surface area contributed by atoms with Gasteiger partial charge in [-0.2, -0.15) is 0 Å². The maximum absolute atomic E-state index is 5.37. The van der Waals surface area contributed by atoms with Gasteiger partial charge in [-0.15, -0.1) is 5.92 Å². The highest BCUT2D eigenvalue weighted by molar-refractivity contribution is 5.08. The number of nitrogens with zero attached hydrogens (tertiary/aromatic N) is 2. The van der Waals surface area contributed by atoms with E-state index in [-0.39, 0.29) is 0 Å². The quantitative estimate of drug-likeness (QED) is 0.574. The van der Waals surface area contributed by atoms with Crippen molar-refractivity contribution in [3.8, 4) is 11.8 Å². The van der Waals surface area contributed by atoms with E-state index in [1.165, 1.54) is 0 Å². The number of unbranched alkanes of at least 4 members (excludes halogenated alkanes) is 1. The van der Waals surface area contributed by atoms with Crippen molar-refractivity contribution in [2.75, 3.05) is 6.54 Å². The van der Waals surface area contributed by atoms with Crippen LogP contribution in [0.4, 0.5) is 0 Å². The number of aryl methyl sites for hydroxylation is 1. The van der Waals surface area contributed by atoms with Crippen LogP contribution in [0.2, 0.25) is 0 Å². The second-order valence-corrected chi connectivity index (χ2v) is 3.05. The zero-order valence-electron chi connectivity index (χ0n) is 8.66. The number of imidazole rings is 1. The van der Waals surface area contributed by atoms with Gasteiger partial charge in [0.2, 0.25) is 0 Å². The van der Waals surface area contributed by atoms with E-state index < -0.39 is 0 Å². The van der Waals surface area contributed by atoms with Crippen LogP contribution in [0, 0.1) is 11.8 Å². The van der Waals surface area contributed by atoms with E-state index in [1.54, 1.807) is 0 Å². The number of aromatic nitrogens is 2. The fourth-order valence-corrected chi connectivity index (χ4v) is 1.22. The average Bonchev–Trinajstić information content (AvgIpc) is 2.65. The normalized spacial score (nSPS) is 9.57. The summed E-state index contributed by atoms with van der Waals surface area (Å²) < 4.78 is 2.11. The van der Waals surface area contributed by atoms with E-state index in [0.29, 0.717) is 0 Å². The van der Waals surface area contributed by atoms with Gasteiger partial charge in [0.15, 0.2) is 0 Å². The van der Waals surface area contributed by atoms with Gasteiger partial charge in [-0.25, -0.2) is 4.98 Å². The Morgan fingerprint density at radius 2 is 2.36 bits per heavy atom. The number of hydrogen-bond acceptors (Lipinski definition) is 2. The molecule has 0 saturated heterocycles. The lowest BCUT2D eigenvalue weighted by Gasteiger charge is -1.99. The van der Waals surface area contributed by atoms with Gasteiger partial charge in [-0.05, 0) is 19.9 Å². The van der Waals surface area contributed by atoms with E-state index in [0.717, 1.165) is 38.2 Å². The highest BCUT2D eigenvalue weighted by Crippen LogP contribution is 1.97. The van der Waals surface area contributed by atoms with Crippen LogP contribution >= 0.6 is 0 Å². The lowest BCUT2D eigenvalue weighted by molar-refractivity contribution is 0.718. The Morgan fingerprint density at radius 1 is 1.50 bits per heavy atom. The van der Waals surface area contributed by atoms with Gasteiger partial charge >= 0.3 is 0 Å². The highest BCUT2D eigenvalue weighted by atomic mass is 15.0. The molecule has 0 amide bonds. The van der Waals surface area contributed by atoms with Crippen LogP contribution in [0.3, 0.4) is 0 Å². The molecule has 0 bridgehead atoms. The van der Waals surface area contributed by atoms with Crippen molar-refractivity contribution in [2.45, 2.75) is 32.7 Å². The molecule has 0 aliphatic rings. The van der Waals surface area contributed by atoms with Crippen molar-refractivity contribution < 1.29 is 0 Å². The monoisotopic (exact) mass is 191 g/mol. The predicted octanol–water partition coefficient (Wildman–Crippen LogP) is 1.19. The van der Waals surface area contributed by atoms with Crippen LogP contribution in [-0.2, 0) is 13.0 Å². The van der Waals surface area contributed by atoms with Crippen molar-refractivity contribution in [2.24, 2.45) is 5.73 Å². The standard InChI is InChI=1S/C11H17N3/c1-2-14-10-9-13-11(14)7-5-3-4-6-8-12/h9-10H,2,4,6-8,12H2,1H3. The molecule has 1 rings (SSSR count). The zero-order valence-corrected chi connectivity index (χ0v) is 8.66. The molecule has 0 aliphatic carbocycles. The molecular weight excluding hydrogens is 174 g/mol. The molecule has 1 aromatic heterocycles. The highest BCUT2D eigenvalue weighted by Gasteiger charge is 1.96. The summed E-state index contributed by atoms with van der Waals surface area (Å²) in [5.74, 6) is 7.25. The molecule has 0 fully saturated rings. The van der Waals surface area contributed by atoms with Crippen molar-refractivity contribution in [1.82, 2.24) is 9.55 Å². The second-order valence-electron chi connectivity index (χ2n) is 3.05. The molecule has 0 spiro atoms. The van der Waals surface area contributed by atoms with Gasteiger partial charge in [0.25, 0.3) is 0 Å². The fourth-order valence-electron chi connectivity index (χ4n) is 1.22. The Morgan fingerprint density at radius 3 is 3.07 bits per heavy atom. The van der Waals surface area contributed by atoms with Crippen LogP contribution in [0.1, 0.15) is 25.6 Å². The van der Waals surface area contributed by atoms with Crippen molar-refractivity contribution in [3.05, 3.63) is 18.2 Å². The van der Waals surface area contributed by atoms with Crippen LogP contribution < -0.4 is 5.73 Å². The fraction of sp³-hybridized carbons (Fsp3) is 0.545. The van der Waals surface area contributed by atoms with Crippen molar-refractivity contribution in [1.29, 1.82) is 0 Å². The summed E-state index contributed by atoms with van der Waals surface area (Å²) in [5, 5.41) is 0. The van der Waals surface area contributed by atoms with E-state index >= 15 is 0 Å². The minimum Gasteiger partial charge on any atom is -0.334 e. The van der Waals surface area contributed by atoms with Crippen LogP contribution in [-0.4, -0.2) is 16.1 Å². The van der Waals surface area contributed by atoms with Gasteiger partial charge in [-0.1, -0.05) is 5.92 Å². The molecule has 0 unspecified atom stereocenters. The summed E-state index contributed by atoms with van der Waals surface area (Å²) in [6.45, 7) is 3.78. The van der Waals surface area contributed by atoms with Gasteiger partial charge in [-0.3, -0.25) is 0 Å². The first-order chi connectivity index (χ1) is 6.88. The third-order valence-corrected chi connectivity index (χ3v) is 2.02. The minimum absolute atomic E-state index is 0.721. The summed E-state index contributed by atoms with van der Waals surface area (Å²) in [6, 6.07) is 0. The molecule has 0 radical (unpaired) electrons. The van der Waals surface area contributed by atoms with Gasteiger partial charge in [0.1, 0.15) is 5.82 Å². The molecule has 1 heterocycles. The van der Waals surface area contributed by atoms with Gasteiger partial charge < -0.3 is 10.3 Å². The first kappa shape index (κ1) is 10.8. The molecule has 0 aromatic carbocycles. The second kappa shape index (κ2) is 6.22. The van der Waals surface area contributed by atoms with Crippen LogP contribution in [0.5, 0.6) is 0 Å². The van der Waals surface area contributed by atoms with E-state index in [9.17, 15) is 0 Å². The largest absolute Gasteiger partial charge is 0.334 e. The Hall–Kier alpha value is -1.27. The predicted molar refractivity (Wildman–Crippen MR) is 57.7 cm³/mol. The van der Waals surface area contributed by atoms with Crippen LogP contribution in [0.25, 0.3) is 0 Å². The van der Waals surface area contributed by atoms with E-state index in [2.05, 4.69) is 28.3 Å². The van der Waals surface area contributed by atoms with Crippen molar-refractivity contribution in [3.63, 3.8) is 0 Å². The summed E-state index contributed by atoms with van der Waals surface area (Å²) in [5.41, 5.74) is 5.37. The van der Waals surface area contributed by atoms with E-state index in [1.807, 2.05) is 12.4 Å². The molecule has 1 aromatic rings. The Balaban J connectivity index is 2.39. The molecule has 3 heteroatoms. The zero-order chi connectivity index (χ0) is 10.2. The Labute approximate surface area is 85.3 Å². The molecular formula is C11H17N3. The lowest BCUT2D eigenvalue weighted by atomic mass is 10.3. The first-order valence-electron chi connectivity index (χ1n) is 5.04. The van der Waals surface area contributed by atoms with Crippen LogP contribution in [0.15, 0.2) is 12.4 Å². The smallest absolute Gasteiger partial charge is 0.120 e. The third kappa shape index (κ3) is 3.23. The molecule has 2 N–H and O–H groups in total. The maximum Gasteiger partial charge on any atom is 0.120 e. The summed E-state index contributed by atoms with van der Waals surface area (Å²) >= 11 is 0. The summed E-state index contributed by atoms with van der Waals surface area (Å²) in [4.78, 5) is 4.24. The Bertz CT molecular complexity index is 317. The number of rotatable bonds is 4. The van der Waals surface area contributed by atoms with Gasteiger partial charge in [0.05, 0.1) is 6.42 Å². The minimum atomic E-state index is 0.721. The molecule has 0 aliphatic heterocycles. The first-order valence-corrected chi connectivity index (χ1v) is 5.04. The van der Waals surface area contributed by atoms with Gasteiger partial charge in [0, 0.05) is 25.4 Å². The number of nitrogens with two attached hydrogens (primary N) is 1. The summed E-state index contributed by atoms with van der Waals surface area (Å²) in [7, 11) is 0. The maximum atomic E-state index is 5.37. The number of hydrogen-bond donors (Lipinski definition) is 1. The molecule has 3 nitrogen and oxygen atoms in total. The lowest BCUT2D eigenvalue weighted by Crippen LogP contribution is -1.99. The third-order valence-electron chi connectivity index (χ3n) is 2.02.